The summed E-state index contributed by atoms with van der Waals surface area (Å²) >= 11 is 0. The van der Waals surface area contributed by atoms with Crippen molar-refractivity contribution in [3.05, 3.63) is 35.9 Å². The Bertz CT molecular complexity index is 508. The predicted octanol–water partition coefficient (Wildman–Crippen LogP) is 5.22. The first kappa shape index (κ1) is 17.7. The van der Waals surface area contributed by atoms with Crippen LogP contribution in [0.2, 0.25) is 0 Å². The lowest BCUT2D eigenvalue weighted by atomic mass is 9.75. The van der Waals surface area contributed by atoms with Crippen LogP contribution >= 0.6 is 0 Å². The van der Waals surface area contributed by atoms with Crippen molar-refractivity contribution in [3.8, 4) is 0 Å². The molecule has 0 aliphatic carbocycles. The maximum absolute atomic E-state index is 12.8. The molecule has 2 nitrogen and oxygen atoms in total. The fraction of sp³-hybridized carbons (Fsp3) is 0.682. The van der Waals surface area contributed by atoms with Crippen molar-refractivity contribution in [1.82, 2.24) is 4.90 Å². The number of benzene rings is 1. The number of piperidine rings is 2. The average molecular weight is 328 g/mol. The highest BCUT2D eigenvalue weighted by Crippen LogP contribution is 2.39. The molecule has 2 atom stereocenters. The summed E-state index contributed by atoms with van der Waals surface area (Å²) in [5.41, 5.74) is 1.41. The molecule has 2 heteroatoms. The normalized spacial score (nSPS) is 27.4. The molecule has 132 valence electrons. The monoisotopic (exact) mass is 327 g/mol. The number of hydrogen-bond donors (Lipinski definition) is 0. The van der Waals surface area contributed by atoms with E-state index in [2.05, 4.69) is 49.1 Å². The standard InChI is InChI=1S/C22H33NO/c1-3-17(4-2)13-22(24)19-14-20-11-8-12-21(15-19)23(20)16-18-9-6-5-7-10-18/h5-7,9-10,17,19-21H,3-4,8,11-16H2,1-2H3. The van der Waals surface area contributed by atoms with Crippen molar-refractivity contribution in [2.75, 3.05) is 0 Å². The van der Waals surface area contributed by atoms with Gasteiger partial charge in [0.1, 0.15) is 5.78 Å². The van der Waals surface area contributed by atoms with E-state index in [-0.39, 0.29) is 0 Å². The van der Waals surface area contributed by atoms with Crippen LogP contribution in [0.1, 0.15) is 70.8 Å². The lowest BCUT2D eigenvalue weighted by Crippen LogP contribution is -2.52. The molecule has 2 saturated heterocycles. The quantitative estimate of drug-likeness (QED) is 0.684. The van der Waals surface area contributed by atoms with Crippen molar-refractivity contribution < 1.29 is 4.79 Å². The Kier molecular flexibility index (Phi) is 6.10. The zero-order chi connectivity index (χ0) is 16.9. The van der Waals surface area contributed by atoms with Crippen molar-refractivity contribution in [1.29, 1.82) is 0 Å². The second-order valence-electron chi connectivity index (χ2n) is 7.92. The van der Waals surface area contributed by atoms with Crippen LogP contribution in [0, 0.1) is 11.8 Å². The van der Waals surface area contributed by atoms with Crippen LogP contribution in [-0.2, 0) is 11.3 Å². The first-order valence-electron chi connectivity index (χ1n) is 10.0. The van der Waals surface area contributed by atoms with Crippen molar-refractivity contribution in [3.63, 3.8) is 0 Å². The first-order chi connectivity index (χ1) is 11.7. The Morgan fingerprint density at radius 3 is 2.29 bits per heavy atom. The highest BCUT2D eigenvalue weighted by atomic mass is 16.1. The summed E-state index contributed by atoms with van der Waals surface area (Å²) in [6.07, 6.45) is 9.19. The summed E-state index contributed by atoms with van der Waals surface area (Å²) in [6, 6.07) is 12.1. The van der Waals surface area contributed by atoms with Gasteiger partial charge in [0.25, 0.3) is 0 Å². The third-order valence-corrected chi connectivity index (χ3v) is 6.43. The molecular weight excluding hydrogens is 294 g/mol. The average Bonchev–Trinajstić information content (AvgIpc) is 2.60. The van der Waals surface area contributed by atoms with Gasteiger partial charge in [-0.1, -0.05) is 63.4 Å². The van der Waals surface area contributed by atoms with E-state index >= 15 is 0 Å². The Morgan fingerprint density at radius 2 is 1.71 bits per heavy atom. The van der Waals surface area contributed by atoms with Crippen LogP contribution in [0.3, 0.4) is 0 Å². The molecule has 24 heavy (non-hydrogen) atoms. The van der Waals surface area contributed by atoms with Crippen molar-refractivity contribution in [2.45, 2.75) is 83.8 Å². The van der Waals surface area contributed by atoms with Gasteiger partial charge in [0.2, 0.25) is 0 Å². The highest BCUT2D eigenvalue weighted by Gasteiger charge is 2.40. The van der Waals surface area contributed by atoms with Crippen LogP contribution in [0.15, 0.2) is 30.3 Å². The molecule has 2 heterocycles. The van der Waals surface area contributed by atoms with E-state index in [4.69, 9.17) is 0 Å². The minimum absolute atomic E-state index is 0.327. The van der Waals surface area contributed by atoms with Crippen LogP contribution in [0.25, 0.3) is 0 Å². The number of ketones is 1. The van der Waals surface area contributed by atoms with E-state index in [0.717, 1.165) is 38.6 Å². The van der Waals surface area contributed by atoms with Crippen molar-refractivity contribution >= 4 is 5.78 Å². The number of hydrogen-bond acceptors (Lipinski definition) is 2. The van der Waals surface area contributed by atoms with Gasteiger partial charge >= 0.3 is 0 Å². The number of nitrogens with zero attached hydrogens (tertiary/aromatic N) is 1. The maximum atomic E-state index is 12.8. The highest BCUT2D eigenvalue weighted by molar-refractivity contribution is 5.81. The molecule has 2 aliphatic heterocycles. The lowest BCUT2D eigenvalue weighted by Gasteiger charge is -2.48. The number of rotatable bonds is 7. The summed E-state index contributed by atoms with van der Waals surface area (Å²) in [6.45, 7) is 5.50. The van der Waals surface area contributed by atoms with E-state index in [1.54, 1.807) is 0 Å². The van der Waals surface area contributed by atoms with Gasteiger partial charge in [-0.3, -0.25) is 9.69 Å². The molecule has 1 aromatic rings. The van der Waals surface area contributed by atoms with Crippen LogP contribution in [0.5, 0.6) is 0 Å². The number of carbonyl (C=O) groups is 1. The fourth-order valence-corrected chi connectivity index (χ4v) is 4.82. The van der Waals surface area contributed by atoms with Crippen LogP contribution in [-0.4, -0.2) is 22.8 Å². The van der Waals surface area contributed by atoms with Gasteiger partial charge in [-0.05, 0) is 37.2 Å². The van der Waals surface area contributed by atoms with Gasteiger partial charge in [0.15, 0.2) is 0 Å². The SMILES string of the molecule is CCC(CC)CC(=O)C1CC2CCCC(C1)N2Cc1ccccc1. The molecule has 0 spiro atoms. The second-order valence-corrected chi connectivity index (χ2v) is 7.92. The largest absolute Gasteiger partial charge is 0.299 e. The van der Waals surface area contributed by atoms with Crippen molar-refractivity contribution in [2.24, 2.45) is 11.8 Å². The third-order valence-electron chi connectivity index (χ3n) is 6.43. The summed E-state index contributed by atoms with van der Waals surface area (Å²) in [7, 11) is 0. The topological polar surface area (TPSA) is 20.3 Å². The van der Waals surface area contributed by atoms with E-state index in [0.29, 0.717) is 29.7 Å². The molecule has 0 N–H and O–H groups in total. The summed E-state index contributed by atoms with van der Waals surface area (Å²) < 4.78 is 0. The van der Waals surface area contributed by atoms with Gasteiger partial charge in [-0.15, -0.1) is 0 Å². The van der Waals surface area contributed by atoms with Gasteiger partial charge in [0.05, 0.1) is 0 Å². The molecule has 0 amide bonds. The third kappa shape index (κ3) is 4.08. The molecule has 1 aromatic carbocycles. The smallest absolute Gasteiger partial charge is 0.136 e. The molecule has 2 aliphatic rings. The predicted molar refractivity (Wildman–Crippen MR) is 99.8 cm³/mol. The Balaban J connectivity index is 1.63. The molecular formula is C22H33NO. The first-order valence-corrected chi connectivity index (χ1v) is 10.0. The summed E-state index contributed by atoms with van der Waals surface area (Å²) in [5, 5.41) is 0. The minimum atomic E-state index is 0.327. The molecule has 0 saturated carbocycles. The van der Waals surface area contributed by atoms with Gasteiger partial charge in [-0.2, -0.15) is 0 Å². The van der Waals surface area contributed by atoms with E-state index in [9.17, 15) is 4.79 Å². The van der Waals surface area contributed by atoms with Crippen LogP contribution in [0.4, 0.5) is 0 Å². The van der Waals surface area contributed by atoms with Crippen LogP contribution < -0.4 is 0 Å². The number of fused-ring (bicyclic) bond motifs is 2. The van der Waals surface area contributed by atoms with E-state index in [1.807, 2.05) is 0 Å². The molecule has 3 rings (SSSR count). The molecule has 2 fully saturated rings. The maximum Gasteiger partial charge on any atom is 0.136 e. The Labute approximate surface area is 147 Å². The molecule has 2 bridgehead atoms. The Hall–Kier alpha value is -1.15. The Morgan fingerprint density at radius 1 is 1.08 bits per heavy atom. The molecule has 0 radical (unpaired) electrons. The molecule has 0 aromatic heterocycles. The zero-order valence-corrected chi connectivity index (χ0v) is 15.4. The minimum Gasteiger partial charge on any atom is -0.299 e. The van der Waals surface area contributed by atoms with Gasteiger partial charge in [-0.25, -0.2) is 0 Å². The number of Topliss-reactive ketones (excluding diaryl/α,β-unsaturated/α-hetero) is 1. The second kappa shape index (κ2) is 8.29. The van der Waals surface area contributed by atoms with E-state index in [1.165, 1.54) is 24.8 Å². The summed E-state index contributed by atoms with van der Waals surface area (Å²) in [4.78, 5) is 15.5. The molecule has 2 unspecified atom stereocenters. The zero-order valence-electron chi connectivity index (χ0n) is 15.4. The van der Waals surface area contributed by atoms with Gasteiger partial charge in [0, 0.05) is 31.0 Å². The summed E-state index contributed by atoms with van der Waals surface area (Å²) in [5.74, 6) is 1.48. The fourth-order valence-electron chi connectivity index (χ4n) is 4.82. The number of carbonyl (C=O) groups excluding carboxylic acids is 1. The lowest BCUT2D eigenvalue weighted by molar-refractivity contribution is -0.128. The van der Waals surface area contributed by atoms with E-state index < -0.39 is 0 Å². The van der Waals surface area contributed by atoms with Gasteiger partial charge < -0.3 is 0 Å².